The van der Waals surface area contributed by atoms with Crippen LogP contribution in [0.1, 0.15) is 50.5 Å². The number of benzene rings is 2. The molecule has 0 heterocycles. The van der Waals surface area contributed by atoms with E-state index in [4.69, 9.17) is 4.84 Å². The summed E-state index contributed by atoms with van der Waals surface area (Å²) < 4.78 is 0. The molecular weight excluding hydrogens is 368 g/mol. The second-order valence-electron chi connectivity index (χ2n) is 6.81. The Bertz CT molecular complexity index is 763. The summed E-state index contributed by atoms with van der Waals surface area (Å²) in [5.74, 6) is -0.761. The lowest BCUT2D eigenvalue weighted by atomic mass is 10.1. The third kappa shape index (κ3) is 10.1. The van der Waals surface area contributed by atoms with E-state index in [1.54, 1.807) is 0 Å². The number of hydroxylamine groups is 1. The lowest BCUT2D eigenvalue weighted by Gasteiger charge is -2.06. The van der Waals surface area contributed by atoms with E-state index in [0.29, 0.717) is 25.7 Å². The lowest BCUT2D eigenvalue weighted by Crippen LogP contribution is -2.26. The van der Waals surface area contributed by atoms with Gasteiger partial charge in [-0.15, -0.1) is 0 Å². The maximum absolute atomic E-state index is 11.8. The zero-order valence-electron chi connectivity index (χ0n) is 16.6. The smallest absolute Gasteiger partial charge is 0.332 e. The fourth-order valence-corrected chi connectivity index (χ4v) is 2.78. The van der Waals surface area contributed by atoms with E-state index in [9.17, 15) is 14.4 Å². The van der Waals surface area contributed by atoms with Crippen LogP contribution in [0.5, 0.6) is 0 Å². The van der Waals surface area contributed by atoms with Crippen molar-refractivity contribution in [2.75, 3.05) is 5.32 Å². The molecule has 2 aromatic carbocycles. The third-order valence-corrected chi connectivity index (χ3v) is 4.35. The molecule has 2 aromatic rings. The Morgan fingerprint density at radius 3 is 1.93 bits per heavy atom. The first-order chi connectivity index (χ1) is 14.1. The van der Waals surface area contributed by atoms with Gasteiger partial charge >= 0.3 is 5.97 Å². The van der Waals surface area contributed by atoms with Crippen molar-refractivity contribution in [2.45, 2.75) is 51.4 Å². The van der Waals surface area contributed by atoms with Crippen molar-refractivity contribution >= 4 is 23.5 Å². The van der Waals surface area contributed by atoms with Gasteiger partial charge in [0.2, 0.25) is 5.91 Å². The van der Waals surface area contributed by atoms with Gasteiger partial charge in [0.05, 0.1) is 6.42 Å². The van der Waals surface area contributed by atoms with E-state index < -0.39 is 5.97 Å². The topological polar surface area (TPSA) is 84.5 Å². The minimum atomic E-state index is -0.452. The van der Waals surface area contributed by atoms with E-state index in [0.717, 1.165) is 30.5 Å². The molecule has 0 bridgehead atoms. The quantitative estimate of drug-likeness (QED) is 0.441. The van der Waals surface area contributed by atoms with Gasteiger partial charge in [-0.1, -0.05) is 61.4 Å². The molecule has 6 nitrogen and oxygen atoms in total. The zero-order valence-corrected chi connectivity index (χ0v) is 16.6. The molecule has 0 radical (unpaired) electrons. The molecule has 0 saturated heterocycles. The summed E-state index contributed by atoms with van der Waals surface area (Å²) in [4.78, 5) is 40.0. The van der Waals surface area contributed by atoms with Crippen molar-refractivity contribution in [3.63, 3.8) is 0 Å². The van der Waals surface area contributed by atoms with Gasteiger partial charge in [0.25, 0.3) is 5.91 Å². The second-order valence-corrected chi connectivity index (χ2v) is 6.81. The van der Waals surface area contributed by atoms with E-state index in [-0.39, 0.29) is 18.2 Å². The number of carbonyl (C=O) groups excluding carboxylic acids is 3. The molecule has 2 rings (SSSR count). The predicted octanol–water partition coefficient (Wildman–Crippen LogP) is 4.17. The molecule has 0 fully saturated rings. The van der Waals surface area contributed by atoms with Crippen LogP contribution < -0.4 is 10.8 Å². The number of hydrogen-bond acceptors (Lipinski definition) is 4. The first kappa shape index (κ1) is 22.1. The van der Waals surface area contributed by atoms with Gasteiger partial charge in [-0.2, -0.15) is 5.48 Å². The van der Waals surface area contributed by atoms with Gasteiger partial charge in [0.15, 0.2) is 0 Å². The molecular formula is C23H28N2O4. The molecule has 0 aliphatic carbocycles. The van der Waals surface area contributed by atoms with Crippen LogP contribution in [0.3, 0.4) is 0 Å². The van der Waals surface area contributed by atoms with Gasteiger partial charge in [-0.25, -0.2) is 4.79 Å². The molecule has 2 N–H and O–H groups in total. The van der Waals surface area contributed by atoms with Crippen LogP contribution in [-0.2, 0) is 25.6 Å². The molecule has 0 aliphatic rings. The highest BCUT2D eigenvalue weighted by Gasteiger charge is 2.08. The van der Waals surface area contributed by atoms with Crippen molar-refractivity contribution in [3.05, 3.63) is 66.2 Å². The zero-order chi connectivity index (χ0) is 20.7. The Hall–Kier alpha value is -3.15. The number of aryl methyl sites for hydroxylation is 1. The van der Waals surface area contributed by atoms with Crippen molar-refractivity contribution in [1.82, 2.24) is 5.48 Å². The van der Waals surface area contributed by atoms with Crippen LogP contribution in [0.25, 0.3) is 0 Å². The Balaban J connectivity index is 1.45. The van der Waals surface area contributed by atoms with Gasteiger partial charge < -0.3 is 10.2 Å². The minimum absolute atomic E-state index is 0.00337. The predicted molar refractivity (Wildman–Crippen MR) is 112 cm³/mol. The summed E-state index contributed by atoms with van der Waals surface area (Å²) in [6, 6.07) is 19.0. The summed E-state index contributed by atoms with van der Waals surface area (Å²) in [5.41, 5.74) is 4.05. The van der Waals surface area contributed by atoms with Crippen LogP contribution in [0.2, 0.25) is 0 Å². The highest BCUT2D eigenvalue weighted by atomic mass is 16.7. The van der Waals surface area contributed by atoms with Gasteiger partial charge in [-0.3, -0.25) is 9.59 Å². The summed E-state index contributed by atoms with van der Waals surface area (Å²) in [5, 5.41) is 2.85. The Morgan fingerprint density at radius 1 is 0.690 bits per heavy atom. The van der Waals surface area contributed by atoms with Crippen LogP contribution >= 0.6 is 0 Å². The first-order valence-corrected chi connectivity index (χ1v) is 10.0. The van der Waals surface area contributed by atoms with Crippen molar-refractivity contribution in [1.29, 1.82) is 0 Å². The molecule has 0 saturated carbocycles. The third-order valence-electron chi connectivity index (χ3n) is 4.35. The van der Waals surface area contributed by atoms with Crippen LogP contribution in [0.15, 0.2) is 60.7 Å². The summed E-state index contributed by atoms with van der Waals surface area (Å²) in [7, 11) is 0. The average Bonchev–Trinajstić information content (AvgIpc) is 2.74. The van der Waals surface area contributed by atoms with Crippen LogP contribution in [-0.4, -0.2) is 17.8 Å². The van der Waals surface area contributed by atoms with Crippen molar-refractivity contribution in [2.24, 2.45) is 0 Å². The van der Waals surface area contributed by atoms with Crippen LogP contribution in [0, 0.1) is 0 Å². The van der Waals surface area contributed by atoms with E-state index in [1.807, 2.05) is 60.7 Å². The van der Waals surface area contributed by atoms with E-state index in [2.05, 4.69) is 10.8 Å². The molecule has 154 valence electrons. The van der Waals surface area contributed by atoms with Gasteiger partial charge in [0, 0.05) is 18.5 Å². The van der Waals surface area contributed by atoms with Gasteiger partial charge in [0.1, 0.15) is 0 Å². The fourth-order valence-electron chi connectivity index (χ4n) is 2.78. The van der Waals surface area contributed by atoms with Crippen LogP contribution in [0.4, 0.5) is 5.69 Å². The van der Waals surface area contributed by atoms with E-state index in [1.165, 1.54) is 0 Å². The highest BCUT2D eigenvalue weighted by molar-refractivity contribution is 5.90. The monoisotopic (exact) mass is 396 g/mol. The number of nitrogens with one attached hydrogen (secondary N) is 2. The average molecular weight is 396 g/mol. The van der Waals surface area contributed by atoms with Crippen molar-refractivity contribution < 1.29 is 19.2 Å². The molecule has 0 spiro atoms. The number of para-hydroxylation sites is 1. The maximum atomic E-state index is 11.8. The number of hydrogen-bond donors (Lipinski definition) is 2. The molecule has 29 heavy (non-hydrogen) atoms. The molecule has 0 aromatic heterocycles. The molecule has 0 aliphatic heterocycles. The molecule has 6 heteroatoms. The largest absolute Gasteiger partial charge is 0.341 e. The second kappa shape index (κ2) is 13.1. The Labute approximate surface area is 171 Å². The van der Waals surface area contributed by atoms with Crippen molar-refractivity contribution in [3.8, 4) is 0 Å². The fraction of sp³-hybridized carbons (Fsp3) is 0.348. The number of amides is 2. The van der Waals surface area contributed by atoms with Gasteiger partial charge in [-0.05, 0) is 37.0 Å². The first-order valence-electron chi connectivity index (χ1n) is 10.0. The minimum Gasteiger partial charge on any atom is -0.341 e. The highest BCUT2D eigenvalue weighted by Crippen LogP contribution is 2.09. The van der Waals surface area contributed by atoms with E-state index >= 15 is 0 Å². The number of anilines is 1. The normalized spacial score (nSPS) is 10.2. The molecule has 0 atom stereocenters. The lowest BCUT2D eigenvalue weighted by molar-refractivity contribution is -0.158. The SMILES string of the molecule is O=C(CCCCCCC(=O)Nc1ccccc1)NOC(=O)CCc1ccccc1. The Morgan fingerprint density at radius 2 is 1.28 bits per heavy atom. The maximum Gasteiger partial charge on any atom is 0.332 e. The molecule has 2 amide bonds. The molecule has 0 unspecified atom stereocenters. The standard InChI is InChI=1S/C23H28N2O4/c26-21(24-20-13-7-4-8-14-20)15-9-1-2-10-16-22(27)25-29-23(28)18-17-19-11-5-3-6-12-19/h3-8,11-14H,1-2,9-10,15-18H2,(H,24,26)(H,25,27). The Kier molecular flexibility index (Phi) is 10.0. The summed E-state index contributed by atoms with van der Waals surface area (Å²) >= 11 is 0. The number of unbranched alkanes of at least 4 members (excludes halogenated alkanes) is 3. The summed E-state index contributed by atoms with van der Waals surface area (Å²) in [6.07, 6.45) is 4.72. The number of rotatable bonds is 11. The summed E-state index contributed by atoms with van der Waals surface area (Å²) in [6.45, 7) is 0. The number of carbonyl (C=O) groups is 3.